The predicted molar refractivity (Wildman–Crippen MR) is 43.3 cm³/mol. The van der Waals surface area contributed by atoms with Crippen LogP contribution in [-0.2, 0) is 4.79 Å². The Bertz CT molecular complexity index is 234. The normalized spacial score (nSPS) is 22.5. The van der Waals surface area contributed by atoms with Crippen LogP contribution in [0.4, 0.5) is 4.79 Å². The third kappa shape index (κ3) is 1.51. The Balaban J connectivity index is 2.90. The number of hydrogen-bond donors (Lipinski definition) is 1. The fraction of sp³-hybridized carbons (Fsp3) is 0.750. The Morgan fingerprint density at radius 3 is 2.15 bits per heavy atom. The molecular formula is C8H14N2O3. The number of nitrogens with two attached hydrogens (primary N) is 1. The summed E-state index contributed by atoms with van der Waals surface area (Å²) in [6.07, 6.45) is 0.431. The Kier molecular flexibility index (Phi) is 2.56. The molecule has 0 aromatic carbocycles. The molecule has 13 heavy (non-hydrogen) atoms. The summed E-state index contributed by atoms with van der Waals surface area (Å²) in [6.45, 7) is 2.45. The van der Waals surface area contributed by atoms with Gasteiger partial charge >= 0.3 is 0 Å². The molecule has 0 aromatic heterocycles. The second-order valence-corrected chi connectivity index (χ2v) is 3.53. The minimum absolute atomic E-state index is 0.296. The van der Waals surface area contributed by atoms with E-state index in [0.717, 1.165) is 12.8 Å². The van der Waals surface area contributed by atoms with Crippen LogP contribution in [0, 0.1) is 0 Å². The number of primary amides is 1. The summed E-state index contributed by atoms with van der Waals surface area (Å²) in [5, 5.41) is 10.9. The first-order chi connectivity index (χ1) is 6.00. The van der Waals surface area contributed by atoms with Gasteiger partial charge in [-0.3, -0.25) is 9.28 Å². The number of carboxylic acid groups (broad SMARTS) is 1. The van der Waals surface area contributed by atoms with Crippen molar-refractivity contribution >= 4 is 12.0 Å². The minimum Gasteiger partial charge on any atom is -0.498 e. The average molecular weight is 186 g/mol. The average Bonchev–Trinajstić information content (AvgIpc) is 2.51. The molecular weight excluding hydrogens is 172 g/mol. The van der Waals surface area contributed by atoms with Gasteiger partial charge in [0.05, 0.1) is 13.1 Å². The molecule has 5 nitrogen and oxygen atoms in total. The molecule has 1 aliphatic rings. The van der Waals surface area contributed by atoms with Gasteiger partial charge in [-0.1, -0.05) is 0 Å². The molecule has 1 atom stereocenters. The van der Waals surface area contributed by atoms with E-state index in [-0.39, 0.29) is 4.48 Å². The largest absolute Gasteiger partial charge is 0.498 e. The fourth-order valence-electron chi connectivity index (χ4n) is 1.87. The maximum Gasteiger partial charge on any atom is 0.275 e. The Morgan fingerprint density at radius 1 is 1.38 bits per heavy atom. The first-order valence-corrected chi connectivity index (χ1v) is 4.38. The highest BCUT2D eigenvalue weighted by Gasteiger charge is 2.42. The van der Waals surface area contributed by atoms with E-state index in [1.54, 1.807) is 6.92 Å². The SMILES string of the molecule is CC(C(N)=O)[N+]1(C(=O)[O-])CCCC1. The number of carbonyl (C=O) groups excluding carboxylic acids is 2. The maximum absolute atomic E-state index is 10.9. The van der Waals surface area contributed by atoms with Gasteiger partial charge in [-0.25, -0.2) is 0 Å². The summed E-state index contributed by atoms with van der Waals surface area (Å²) in [5.41, 5.74) is 5.09. The zero-order chi connectivity index (χ0) is 10.1. The molecule has 0 aliphatic carbocycles. The van der Waals surface area contributed by atoms with Gasteiger partial charge in [0.2, 0.25) is 0 Å². The Labute approximate surface area is 76.7 Å². The third-order valence-corrected chi connectivity index (χ3v) is 2.88. The van der Waals surface area contributed by atoms with Crippen LogP contribution in [0.3, 0.4) is 0 Å². The molecule has 2 amide bonds. The van der Waals surface area contributed by atoms with E-state index in [1.165, 1.54) is 0 Å². The van der Waals surface area contributed by atoms with Gasteiger partial charge in [0.25, 0.3) is 12.0 Å². The van der Waals surface area contributed by atoms with E-state index in [0.29, 0.717) is 13.1 Å². The number of carbonyl (C=O) groups is 2. The van der Waals surface area contributed by atoms with Gasteiger partial charge in [-0.15, -0.1) is 0 Å². The lowest BCUT2D eigenvalue weighted by Gasteiger charge is -2.37. The van der Waals surface area contributed by atoms with Crippen molar-refractivity contribution in [2.24, 2.45) is 5.73 Å². The molecule has 1 fully saturated rings. The molecule has 0 saturated carbocycles. The van der Waals surface area contributed by atoms with Gasteiger partial charge in [0, 0.05) is 12.8 Å². The van der Waals surface area contributed by atoms with Crippen LogP contribution < -0.4 is 10.8 Å². The molecule has 5 heteroatoms. The highest BCUT2D eigenvalue weighted by molar-refractivity contribution is 5.79. The highest BCUT2D eigenvalue weighted by Crippen LogP contribution is 2.22. The zero-order valence-corrected chi connectivity index (χ0v) is 7.66. The van der Waals surface area contributed by atoms with Gasteiger partial charge in [0.15, 0.2) is 6.04 Å². The molecule has 0 spiro atoms. The predicted octanol–water partition coefficient (Wildman–Crippen LogP) is -1.19. The van der Waals surface area contributed by atoms with Crippen LogP contribution in [0.1, 0.15) is 19.8 Å². The highest BCUT2D eigenvalue weighted by atomic mass is 16.4. The quantitative estimate of drug-likeness (QED) is 0.550. The fourth-order valence-corrected chi connectivity index (χ4v) is 1.87. The van der Waals surface area contributed by atoms with Crippen LogP contribution in [-0.4, -0.2) is 35.6 Å². The summed E-state index contributed by atoms with van der Waals surface area (Å²) >= 11 is 0. The molecule has 1 rings (SSSR count). The van der Waals surface area contributed by atoms with Crippen LogP contribution in [0.2, 0.25) is 0 Å². The third-order valence-electron chi connectivity index (χ3n) is 2.88. The molecule has 2 N–H and O–H groups in total. The molecule has 0 radical (unpaired) electrons. The second kappa shape index (κ2) is 3.33. The van der Waals surface area contributed by atoms with E-state index >= 15 is 0 Å². The van der Waals surface area contributed by atoms with Crippen LogP contribution in [0.5, 0.6) is 0 Å². The number of quaternary nitrogens is 1. The molecule has 1 saturated heterocycles. The Hall–Kier alpha value is -1.10. The summed E-state index contributed by atoms with van der Waals surface area (Å²) in [6, 6.07) is -0.688. The lowest BCUT2D eigenvalue weighted by Crippen LogP contribution is -2.64. The number of rotatable bonds is 2. The van der Waals surface area contributed by atoms with Crippen LogP contribution in [0.25, 0.3) is 0 Å². The van der Waals surface area contributed by atoms with E-state index in [2.05, 4.69) is 0 Å². The van der Waals surface area contributed by atoms with Crippen molar-refractivity contribution in [3.05, 3.63) is 0 Å². The van der Waals surface area contributed by atoms with E-state index in [1.807, 2.05) is 0 Å². The monoisotopic (exact) mass is 186 g/mol. The standard InChI is InChI=1S/C8H14N2O3/c1-6(7(9)11)10(8(12)13)4-2-3-5-10/h6H,2-5H2,1H3,(H2-,9,11,12,13). The van der Waals surface area contributed by atoms with Gasteiger partial charge in [-0.2, -0.15) is 0 Å². The molecule has 0 aromatic rings. The topological polar surface area (TPSA) is 83.2 Å². The Morgan fingerprint density at radius 2 is 1.85 bits per heavy atom. The maximum atomic E-state index is 10.9. The molecule has 74 valence electrons. The van der Waals surface area contributed by atoms with Gasteiger partial charge in [-0.05, 0) is 6.92 Å². The van der Waals surface area contributed by atoms with E-state index in [4.69, 9.17) is 5.73 Å². The summed E-state index contributed by atoms with van der Waals surface area (Å²) in [4.78, 5) is 21.8. The summed E-state index contributed by atoms with van der Waals surface area (Å²) in [5.74, 6) is -0.578. The summed E-state index contributed by atoms with van der Waals surface area (Å²) < 4.78 is -0.296. The number of nitrogens with zero attached hydrogens (tertiary/aromatic N) is 1. The number of hydrogen-bond acceptors (Lipinski definition) is 3. The lowest BCUT2D eigenvalue weighted by atomic mass is 10.2. The summed E-state index contributed by atoms with van der Waals surface area (Å²) in [7, 11) is 0. The van der Waals surface area contributed by atoms with Crippen molar-refractivity contribution in [1.82, 2.24) is 0 Å². The van der Waals surface area contributed by atoms with Crippen molar-refractivity contribution in [2.75, 3.05) is 13.1 Å². The number of likely N-dealkylation sites (tertiary alicyclic amines) is 1. The minimum atomic E-state index is -1.19. The van der Waals surface area contributed by atoms with Gasteiger partial charge in [0.1, 0.15) is 0 Å². The number of amides is 2. The van der Waals surface area contributed by atoms with Gasteiger partial charge < -0.3 is 15.6 Å². The first-order valence-electron chi connectivity index (χ1n) is 4.38. The molecule has 0 bridgehead atoms. The zero-order valence-electron chi connectivity index (χ0n) is 7.66. The van der Waals surface area contributed by atoms with Crippen molar-refractivity contribution in [2.45, 2.75) is 25.8 Å². The van der Waals surface area contributed by atoms with Crippen LogP contribution in [0.15, 0.2) is 0 Å². The van der Waals surface area contributed by atoms with E-state index < -0.39 is 18.0 Å². The molecule has 1 aliphatic heterocycles. The van der Waals surface area contributed by atoms with Crippen molar-refractivity contribution < 1.29 is 19.2 Å². The van der Waals surface area contributed by atoms with E-state index in [9.17, 15) is 14.7 Å². The van der Waals surface area contributed by atoms with Crippen molar-refractivity contribution in [1.29, 1.82) is 0 Å². The van der Waals surface area contributed by atoms with Crippen molar-refractivity contribution in [3.63, 3.8) is 0 Å². The lowest BCUT2D eigenvalue weighted by molar-refractivity contribution is -0.877. The first kappa shape index (κ1) is 9.98. The smallest absolute Gasteiger partial charge is 0.275 e. The second-order valence-electron chi connectivity index (χ2n) is 3.53. The van der Waals surface area contributed by atoms with Crippen molar-refractivity contribution in [3.8, 4) is 0 Å². The molecule has 1 heterocycles. The molecule has 1 unspecified atom stereocenters. The van der Waals surface area contributed by atoms with Crippen LogP contribution >= 0.6 is 0 Å².